The molecule has 0 aliphatic heterocycles. The van der Waals surface area contributed by atoms with E-state index in [1.54, 1.807) is 12.1 Å². The van der Waals surface area contributed by atoms with Crippen LogP contribution in [0, 0.1) is 12.7 Å². The maximum Gasteiger partial charge on any atom is 0.331 e. The van der Waals surface area contributed by atoms with Gasteiger partial charge in [0.25, 0.3) is 0 Å². The SMILES string of the molecule is Cc1nc(COC(=O)/C=C/c2cc(Br)ccc2F)cs1. The second kappa shape index (κ2) is 6.76. The molecule has 0 saturated heterocycles. The minimum absolute atomic E-state index is 0.120. The Morgan fingerprint density at radius 2 is 2.35 bits per heavy atom. The van der Waals surface area contributed by atoms with Crippen LogP contribution in [-0.4, -0.2) is 11.0 Å². The molecule has 2 rings (SSSR count). The number of esters is 1. The van der Waals surface area contributed by atoms with Gasteiger partial charge in [0.1, 0.15) is 12.4 Å². The standard InChI is InChI=1S/C14H11BrFNO2S/c1-9-17-12(8-20-9)7-19-14(18)5-2-10-6-11(15)3-4-13(10)16/h2-6,8H,7H2,1H3/b5-2+. The van der Waals surface area contributed by atoms with Crippen LogP contribution in [0.3, 0.4) is 0 Å². The van der Waals surface area contributed by atoms with Crippen molar-refractivity contribution in [2.75, 3.05) is 0 Å². The molecule has 1 aromatic heterocycles. The molecule has 0 amide bonds. The normalized spacial score (nSPS) is 10.9. The first-order valence-electron chi connectivity index (χ1n) is 5.75. The second-order valence-electron chi connectivity index (χ2n) is 3.96. The van der Waals surface area contributed by atoms with Crippen molar-refractivity contribution in [2.45, 2.75) is 13.5 Å². The van der Waals surface area contributed by atoms with Crippen LogP contribution in [0.4, 0.5) is 4.39 Å². The predicted octanol–water partition coefficient (Wildman–Crippen LogP) is 4.11. The average Bonchev–Trinajstić information content (AvgIpc) is 2.83. The summed E-state index contributed by atoms with van der Waals surface area (Å²) in [7, 11) is 0. The number of carbonyl (C=O) groups excluding carboxylic acids is 1. The van der Waals surface area contributed by atoms with E-state index in [1.165, 1.54) is 29.6 Å². The third-order valence-corrected chi connectivity index (χ3v) is 3.70. The van der Waals surface area contributed by atoms with Gasteiger partial charge in [-0.1, -0.05) is 15.9 Å². The Kier molecular flexibility index (Phi) is 5.03. The zero-order chi connectivity index (χ0) is 14.5. The molecule has 0 bridgehead atoms. The lowest BCUT2D eigenvalue weighted by molar-refractivity contribution is -0.139. The molecule has 104 valence electrons. The summed E-state index contributed by atoms with van der Waals surface area (Å²) in [5.74, 6) is -0.928. The van der Waals surface area contributed by atoms with Crippen molar-refractivity contribution in [1.82, 2.24) is 4.98 Å². The third-order valence-electron chi connectivity index (χ3n) is 2.39. The van der Waals surface area contributed by atoms with E-state index < -0.39 is 11.8 Å². The molecule has 6 heteroatoms. The van der Waals surface area contributed by atoms with Gasteiger partial charge in [-0.05, 0) is 31.2 Å². The Morgan fingerprint density at radius 3 is 3.05 bits per heavy atom. The van der Waals surface area contributed by atoms with Crippen LogP contribution in [0.15, 0.2) is 34.1 Å². The van der Waals surface area contributed by atoms with Gasteiger partial charge in [-0.25, -0.2) is 14.2 Å². The van der Waals surface area contributed by atoms with E-state index in [-0.39, 0.29) is 6.61 Å². The number of halogens is 2. The molecule has 2 aromatic rings. The summed E-state index contributed by atoms with van der Waals surface area (Å²) in [5.41, 5.74) is 1.03. The molecule has 1 aromatic carbocycles. The third kappa shape index (κ3) is 4.25. The summed E-state index contributed by atoms with van der Waals surface area (Å²) in [4.78, 5) is 15.7. The predicted molar refractivity (Wildman–Crippen MR) is 79.8 cm³/mol. The summed E-state index contributed by atoms with van der Waals surface area (Å²) in [6.45, 7) is 2.00. The van der Waals surface area contributed by atoms with Gasteiger partial charge in [-0.2, -0.15) is 0 Å². The van der Waals surface area contributed by atoms with Gasteiger partial charge in [0.15, 0.2) is 0 Å². The van der Waals surface area contributed by atoms with Crippen molar-refractivity contribution >= 4 is 39.3 Å². The highest BCUT2D eigenvalue weighted by Crippen LogP contribution is 2.17. The highest BCUT2D eigenvalue weighted by molar-refractivity contribution is 9.10. The summed E-state index contributed by atoms with van der Waals surface area (Å²) < 4.78 is 19.2. The van der Waals surface area contributed by atoms with Crippen LogP contribution in [-0.2, 0) is 16.1 Å². The molecule has 0 aliphatic rings. The largest absolute Gasteiger partial charge is 0.456 e. The maximum absolute atomic E-state index is 13.4. The van der Waals surface area contributed by atoms with E-state index in [4.69, 9.17) is 4.74 Å². The van der Waals surface area contributed by atoms with E-state index in [9.17, 15) is 9.18 Å². The fraction of sp³-hybridized carbons (Fsp3) is 0.143. The van der Waals surface area contributed by atoms with Crippen molar-refractivity contribution in [3.05, 3.63) is 56.2 Å². The van der Waals surface area contributed by atoms with E-state index in [2.05, 4.69) is 20.9 Å². The summed E-state index contributed by atoms with van der Waals surface area (Å²) in [5, 5.41) is 2.75. The van der Waals surface area contributed by atoms with Gasteiger partial charge in [0, 0.05) is 21.5 Å². The molecular formula is C14H11BrFNO2S. The molecule has 1 heterocycles. The first-order chi connectivity index (χ1) is 9.54. The van der Waals surface area contributed by atoms with Crippen molar-refractivity contribution < 1.29 is 13.9 Å². The number of ether oxygens (including phenoxy) is 1. The van der Waals surface area contributed by atoms with E-state index in [0.717, 1.165) is 9.48 Å². The molecule has 0 atom stereocenters. The Morgan fingerprint density at radius 1 is 1.55 bits per heavy atom. The number of benzene rings is 1. The number of aromatic nitrogens is 1. The van der Waals surface area contributed by atoms with Crippen LogP contribution in [0.25, 0.3) is 6.08 Å². The Bertz CT molecular complexity index is 654. The first kappa shape index (κ1) is 14.9. The zero-order valence-electron chi connectivity index (χ0n) is 10.6. The number of carbonyl (C=O) groups is 1. The van der Waals surface area contributed by atoms with E-state index >= 15 is 0 Å². The van der Waals surface area contributed by atoms with E-state index in [1.807, 2.05) is 12.3 Å². The van der Waals surface area contributed by atoms with Gasteiger partial charge >= 0.3 is 5.97 Å². The van der Waals surface area contributed by atoms with Crippen LogP contribution in [0.5, 0.6) is 0 Å². The van der Waals surface area contributed by atoms with Crippen molar-refractivity contribution in [1.29, 1.82) is 0 Å². The Labute approximate surface area is 128 Å². The minimum atomic E-state index is -0.532. The van der Waals surface area contributed by atoms with Gasteiger partial charge < -0.3 is 4.74 Å². The molecule has 0 fully saturated rings. The van der Waals surface area contributed by atoms with Gasteiger partial charge in [-0.15, -0.1) is 11.3 Å². The molecule has 20 heavy (non-hydrogen) atoms. The quantitative estimate of drug-likeness (QED) is 0.611. The first-order valence-corrected chi connectivity index (χ1v) is 7.43. The summed E-state index contributed by atoms with van der Waals surface area (Å²) in [6.07, 6.45) is 2.58. The second-order valence-corrected chi connectivity index (χ2v) is 5.94. The zero-order valence-corrected chi connectivity index (χ0v) is 13.0. The minimum Gasteiger partial charge on any atom is -0.456 e. The smallest absolute Gasteiger partial charge is 0.331 e. The van der Waals surface area contributed by atoms with Crippen molar-refractivity contribution in [3.63, 3.8) is 0 Å². The van der Waals surface area contributed by atoms with Crippen LogP contribution >= 0.6 is 27.3 Å². The molecule has 0 saturated carbocycles. The number of rotatable bonds is 4. The van der Waals surface area contributed by atoms with Gasteiger partial charge in [0.2, 0.25) is 0 Å². The molecule has 0 spiro atoms. The van der Waals surface area contributed by atoms with Gasteiger partial charge in [-0.3, -0.25) is 0 Å². The van der Waals surface area contributed by atoms with Crippen LogP contribution < -0.4 is 0 Å². The number of hydrogen-bond donors (Lipinski definition) is 0. The average molecular weight is 356 g/mol. The molecular weight excluding hydrogens is 345 g/mol. The molecule has 0 N–H and O–H groups in total. The lowest BCUT2D eigenvalue weighted by Crippen LogP contribution is -2.01. The highest BCUT2D eigenvalue weighted by atomic mass is 79.9. The Balaban J connectivity index is 1.93. The molecule has 0 aliphatic carbocycles. The van der Waals surface area contributed by atoms with Crippen LogP contribution in [0.2, 0.25) is 0 Å². The molecule has 0 radical (unpaired) electrons. The number of thiazole rings is 1. The summed E-state index contributed by atoms with van der Waals surface area (Å²) >= 11 is 4.74. The van der Waals surface area contributed by atoms with Crippen molar-refractivity contribution in [3.8, 4) is 0 Å². The highest BCUT2D eigenvalue weighted by Gasteiger charge is 2.03. The van der Waals surface area contributed by atoms with Crippen LogP contribution in [0.1, 0.15) is 16.3 Å². The monoisotopic (exact) mass is 355 g/mol. The van der Waals surface area contributed by atoms with E-state index in [0.29, 0.717) is 11.3 Å². The fourth-order valence-electron chi connectivity index (χ4n) is 1.47. The van der Waals surface area contributed by atoms with Gasteiger partial charge in [0.05, 0.1) is 10.7 Å². The lowest BCUT2D eigenvalue weighted by atomic mass is 10.2. The Hall–Kier alpha value is -1.53. The number of aryl methyl sites for hydroxylation is 1. The lowest BCUT2D eigenvalue weighted by Gasteiger charge is -1.99. The molecule has 0 unspecified atom stereocenters. The summed E-state index contributed by atoms with van der Waals surface area (Å²) in [6, 6.07) is 4.51. The number of hydrogen-bond acceptors (Lipinski definition) is 4. The van der Waals surface area contributed by atoms with Crippen molar-refractivity contribution in [2.24, 2.45) is 0 Å². The fourth-order valence-corrected chi connectivity index (χ4v) is 2.44. The topological polar surface area (TPSA) is 39.2 Å². The maximum atomic E-state index is 13.4. The number of nitrogens with zero attached hydrogens (tertiary/aromatic N) is 1. The molecule has 3 nitrogen and oxygen atoms in total.